The van der Waals surface area contributed by atoms with Gasteiger partial charge in [-0.3, -0.25) is 15.4 Å². The normalized spacial score (nSPS) is 19.3. The quantitative estimate of drug-likeness (QED) is 0.643. The maximum absolute atomic E-state index is 12.4. The van der Waals surface area contributed by atoms with Crippen LogP contribution in [0.1, 0.15) is 31.7 Å². The molecule has 0 spiro atoms. The van der Waals surface area contributed by atoms with E-state index in [9.17, 15) is 9.59 Å². The Bertz CT molecular complexity index is 817. The van der Waals surface area contributed by atoms with E-state index in [1.165, 1.54) is 0 Å². The predicted molar refractivity (Wildman–Crippen MR) is 102 cm³/mol. The van der Waals surface area contributed by atoms with Gasteiger partial charge in [-0.05, 0) is 37.6 Å². The largest absolute Gasteiger partial charge is 0.497 e. The Labute approximate surface area is 157 Å². The first kappa shape index (κ1) is 18.7. The van der Waals surface area contributed by atoms with E-state index < -0.39 is 12.3 Å². The summed E-state index contributed by atoms with van der Waals surface area (Å²) < 4.78 is 6.67. The zero-order valence-electron chi connectivity index (χ0n) is 15.6. The third kappa shape index (κ3) is 4.56. The molecule has 9 nitrogen and oxygen atoms in total. The second-order valence-electron chi connectivity index (χ2n) is 6.37. The van der Waals surface area contributed by atoms with Crippen LogP contribution in [0, 0.1) is 6.92 Å². The number of aromatic nitrogens is 2. The Morgan fingerprint density at radius 2 is 2.07 bits per heavy atom. The number of urea groups is 1. The summed E-state index contributed by atoms with van der Waals surface area (Å²) >= 11 is 0. The third-order valence-electron chi connectivity index (χ3n) is 4.31. The van der Waals surface area contributed by atoms with E-state index in [-0.39, 0.29) is 11.9 Å². The van der Waals surface area contributed by atoms with Crippen molar-refractivity contribution in [3.63, 3.8) is 0 Å². The predicted octanol–water partition coefficient (Wildman–Crippen LogP) is 2.19. The molecular formula is C18H24N6O3. The standard InChI is InChI=1S/C18H24N6O3/c1-4-12-10-16(25)22-17(19-12)24-15(9-11(2)23-24)21-18(26)20-13-5-7-14(27-3)8-6-13/h5-9,12,17,19H,4,10H2,1-3H3,(H,22,25)(H2,20,21,26). The van der Waals surface area contributed by atoms with Gasteiger partial charge in [0.25, 0.3) is 0 Å². The molecular weight excluding hydrogens is 348 g/mol. The average molecular weight is 372 g/mol. The van der Waals surface area contributed by atoms with Gasteiger partial charge in [-0.25, -0.2) is 9.48 Å². The fourth-order valence-electron chi connectivity index (χ4n) is 2.91. The Kier molecular flexibility index (Phi) is 5.60. The number of nitrogens with one attached hydrogen (secondary N) is 4. The smallest absolute Gasteiger partial charge is 0.324 e. The number of amides is 3. The lowest BCUT2D eigenvalue weighted by Gasteiger charge is -2.31. The molecule has 3 amide bonds. The van der Waals surface area contributed by atoms with Crippen LogP contribution in [-0.2, 0) is 4.79 Å². The lowest BCUT2D eigenvalue weighted by molar-refractivity contribution is -0.125. The number of carbonyl (C=O) groups excluding carboxylic acids is 2. The molecule has 4 N–H and O–H groups in total. The Hall–Kier alpha value is -3.07. The number of nitrogens with zero attached hydrogens (tertiary/aromatic N) is 2. The van der Waals surface area contributed by atoms with Gasteiger partial charge in [0.1, 0.15) is 11.6 Å². The molecule has 2 heterocycles. The molecule has 1 aromatic carbocycles. The summed E-state index contributed by atoms with van der Waals surface area (Å²) in [7, 11) is 1.58. The van der Waals surface area contributed by atoms with Crippen LogP contribution in [0.2, 0.25) is 0 Å². The molecule has 0 saturated carbocycles. The number of benzene rings is 1. The van der Waals surface area contributed by atoms with Crippen molar-refractivity contribution in [2.45, 2.75) is 39.0 Å². The van der Waals surface area contributed by atoms with Crippen molar-refractivity contribution < 1.29 is 14.3 Å². The van der Waals surface area contributed by atoms with Crippen LogP contribution in [0.4, 0.5) is 16.3 Å². The number of aryl methyl sites for hydroxylation is 1. The van der Waals surface area contributed by atoms with Crippen LogP contribution in [0.15, 0.2) is 30.3 Å². The van der Waals surface area contributed by atoms with Gasteiger partial charge in [0, 0.05) is 24.2 Å². The third-order valence-corrected chi connectivity index (χ3v) is 4.31. The topological polar surface area (TPSA) is 109 Å². The minimum absolute atomic E-state index is 0.0487. The Morgan fingerprint density at radius 3 is 2.74 bits per heavy atom. The van der Waals surface area contributed by atoms with Crippen LogP contribution >= 0.6 is 0 Å². The van der Waals surface area contributed by atoms with Gasteiger partial charge < -0.3 is 15.4 Å². The number of methoxy groups -OCH3 is 1. The van der Waals surface area contributed by atoms with Gasteiger partial charge >= 0.3 is 6.03 Å². The molecule has 0 bridgehead atoms. The fourth-order valence-corrected chi connectivity index (χ4v) is 2.91. The van der Waals surface area contributed by atoms with E-state index in [1.807, 2.05) is 13.8 Å². The van der Waals surface area contributed by atoms with Crippen molar-refractivity contribution in [2.75, 3.05) is 17.7 Å². The van der Waals surface area contributed by atoms with Crippen molar-refractivity contribution in [3.8, 4) is 5.75 Å². The van der Waals surface area contributed by atoms with E-state index >= 15 is 0 Å². The highest BCUT2D eigenvalue weighted by Gasteiger charge is 2.28. The zero-order chi connectivity index (χ0) is 19.4. The summed E-state index contributed by atoms with van der Waals surface area (Å²) in [5.41, 5.74) is 1.36. The van der Waals surface area contributed by atoms with Crippen molar-refractivity contribution in [1.82, 2.24) is 20.4 Å². The summed E-state index contributed by atoms with van der Waals surface area (Å²) in [4.78, 5) is 24.3. The fraction of sp³-hybridized carbons (Fsp3) is 0.389. The van der Waals surface area contributed by atoms with Gasteiger partial charge in [-0.1, -0.05) is 6.92 Å². The van der Waals surface area contributed by atoms with Crippen LogP contribution in [-0.4, -0.2) is 34.9 Å². The first-order valence-corrected chi connectivity index (χ1v) is 8.82. The van der Waals surface area contributed by atoms with E-state index in [0.717, 1.165) is 12.1 Å². The van der Waals surface area contributed by atoms with Gasteiger partial charge in [0.15, 0.2) is 6.29 Å². The minimum Gasteiger partial charge on any atom is -0.497 e. The van der Waals surface area contributed by atoms with E-state index in [0.29, 0.717) is 23.7 Å². The van der Waals surface area contributed by atoms with E-state index in [1.54, 1.807) is 42.1 Å². The lowest BCUT2D eigenvalue weighted by atomic mass is 10.1. The maximum atomic E-state index is 12.4. The summed E-state index contributed by atoms with van der Waals surface area (Å²) in [5.74, 6) is 1.14. The molecule has 1 aliphatic heterocycles. The number of carbonyl (C=O) groups is 2. The van der Waals surface area contributed by atoms with Gasteiger partial charge in [0.05, 0.1) is 12.8 Å². The first-order valence-electron chi connectivity index (χ1n) is 8.82. The zero-order valence-corrected chi connectivity index (χ0v) is 15.6. The Morgan fingerprint density at radius 1 is 1.33 bits per heavy atom. The summed E-state index contributed by atoms with van der Waals surface area (Å²) in [6.07, 6.45) is 0.736. The number of ether oxygens (including phenoxy) is 1. The van der Waals surface area contributed by atoms with Crippen LogP contribution in [0.25, 0.3) is 0 Å². The van der Waals surface area contributed by atoms with Gasteiger partial charge in [0.2, 0.25) is 5.91 Å². The molecule has 9 heteroatoms. The van der Waals surface area contributed by atoms with E-state index in [4.69, 9.17) is 4.74 Å². The Balaban J connectivity index is 1.71. The van der Waals surface area contributed by atoms with Crippen molar-refractivity contribution >= 4 is 23.4 Å². The summed E-state index contributed by atoms with van der Waals surface area (Å²) in [6, 6.07) is 8.42. The molecule has 27 heavy (non-hydrogen) atoms. The highest BCUT2D eigenvalue weighted by Crippen LogP contribution is 2.19. The average Bonchev–Trinajstić information content (AvgIpc) is 3.01. The highest BCUT2D eigenvalue weighted by atomic mass is 16.5. The monoisotopic (exact) mass is 372 g/mol. The van der Waals surface area contributed by atoms with Crippen molar-refractivity contribution in [3.05, 3.63) is 36.0 Å². The lowest BCUT2D eigenvalue weighted by Crippen LogP contribution is -2.53. The van der Waals surface area contributed by atoms with Crippen LogP contribution in [0.3, 0.4) is 0 Å². The highest BCUT2D eigenvalue weighted by molar-refractivity contribution is 5.99. The first-order chi connectivity index (χ1) is 13.0. The second-order valence-corrected chi connectivity index (χ2v) is 6.37. The molecule has 0 aliphatic carbocycles. The number of hydrogen-bond donors (Lipinski definition) is 4. The van der Waals surface area contributed by atoms with Gasteiger partial charge in [-0.2, -0.15) is 5.10 Å². The number of rotatable bonds is 5. The van der Waals surface area contributed by atoms with Crippen LogP contribution < -0.4 is 26.0 Å². The summed E-state index contributed by atoms with van der Waals surface area (Å²) in [6.45, 7) is 3.84. The number of hydrogen-bond acceptors (Lipinski definition) is 5. The molecule has 2 atom stereocenters. The van der Waals surface area contributed by atoms with Crippen molar-refractivity contribution in [2.24, 2.45) is 0 Å². The minimum atomic E-state index is -0.513. The molecule has 0 radical (unpaired) electrons. The molecule has 144 valence electrons. The molecule has 1 aliphatic rings. The maximum Gasteiger partial charge on any atom is 0.324 e. The molecule has 2 unspecified atom stereocenters. The van der Waals surface area contributed by atoms with E-state index in [2.05, 4.69) is 26.4 Å². The summed E-state index contributed by atoms with van der Waals surface area (Å²) in [5, 5.41) is 16.1. The molecule has 3 rings (SSSR count). The molecule has 2 aromatic rings. The number of anilines is 2. The van der Waals surface area contributed by atoms with Crippen molar-refractivity contribution in [1.29, 1.82) is 0 Å². The molecule has 1 aromatic heterocycles. The SMILES string of the molecule is CCC1CC(=O)NC(n2nc(C)cc2NC(=O)Nc2ccc(OC)cc2)N1. The molecule has 1 fully saturated rings. The van der Waals surface area contributed by atoms with Gasteiger partial charge in [-0.15, -0.1) is 0 Å². The van der Waals surface area contributed by atoms with Crippen LogP contribution in [0.5, 0.6) is 5.75 Å². The second kappa shape index (κ2) is 8.09. The molecule has 1 saturated heterocycles.